The first-order chi connectivity index (χ1) is 14.4. The van der Waals surface area contributed by atoms with Gasteiger partial charge in [0, 0.05) is 36.3 Å². The quantitative estimate of drug-likeness (QED) is 0.643. The highest BCUT2D eigenvalue weighted by molar-refractivity contribution is 7.89. The number of piperidine rings is 1. The third-order valence-electron chi connectivity index (χ3n) is 6.64. The minimum absolute atomic E-state index is 0.0288. The van der Waals surface area contributed by atoms with Gasteiger partial charge in [-0.2, -0.15) is 4.31 Å². The first-order valence-electron chi connectivity index (χ1n) is 10.5. The molecule has 2 heterocycles. The summed E-state index contributed by atoms with van der Waals surface area (Å²) in [4.78, 5) is 0.356. The SMILES string of the molecule is O=S(=O)(c1ccc2c(c1)C1C=CCC1C(c1ccc(O)cc1O)N2)N1CCCCC1. The molecule has 3 N–H and O–H groups in total. The number of allylic oxidation sites excluding steroid dienone is 2. The fraction of sp³-hybridized carbons (Fsp3) is 0.391. The molecule has 1 fully saturated rings. The average molecular weight is 427 g/mol. The number of fused-ring (bicyclic) bond motifs is 3. The van der Waals surface area contributed by atoms with Crippen LogP contribution < -0.4 is 5.32 Å². The standard InChI is InChI=1S/C23H26N2O4S/c26-15-7-9-19(22(27)13-15)23-18-6-4-5-17(18)20-14-16(8-10-21(20)24-23)30(28,29)25-11-2-1-3-12-25/h4-5,7-10,13-14,17-18,23-24,26-27H,1-3,6,11-12H2. The van der Waals surface area contributed by atoms with Crippen LogP contribution in [0.15, 0.2) is 53.4 Å². The van der Waals surface area contributed by atoms with Crippen LogP contribution in [0.25, 0.3) is 0 Å². The molecule has 0 bridgehead atoms. The van der Waals surface area contributed by atoms with E-state index in [1.54, 1.807) is 22.5 Å². The first kappa shape index (κ1) is 19.5. The van der Waals surface area contributed by atoms with E-state index in [1.807, 2.05) is 12.1 Å². The fourth-order valence-electron chi connectivity index (χ4n) is 5.09. The minimum atomic E-state index is -3.49. The number of hydrogen-bond acceptors (Lipinski definition) is 5. The predicted molar refractivity (Wildman–Crippen MR) is 115 cm³/mol. The second-order valence-electron chi connectivity index (χ2n) is 8.43. The number of hydrogen-bond donors (Lipinski definition) is 3. The number of anilines is 1. The fourth-order valence-corrected chi connectivity index (χ4v) is 6.64. The van der Waals surface area contributed by atoms with Crippen LogP contribution in [0.1, 0.15) is 48.8 Å². The van der Waals surface area contributed by atoms with Crippen LogP contribution in [0, 0.1) is 5.92 Å². The molecule has 158 valence electrons. The lowest BCUT2D eigenvalue weighted by Gasteiger charge is -2.38. The number of rotatable bonds is 3. The van der Waals surface area contributed by atoms with Crippen molar-refractivity contribution < 1.29 is 18.6 Å². The van der Waals surface area contributed by atoms with Crippen LogP contribution in [0.5, 0.6) is 11.5 Å². The Morgan fingerprint density at radius 1 is 0.967 bits per heavy atom. The van der Waals surface area contributed by atoms with E-state index in [4.69, 9.17) is 0 Å². The second-order valence-corrected chi connectivity index (χ2v) is 10.4. The number of aromatic hydroxyl groups is 2. The maximum atomic E-state index is 13.2. The molecule has 0 amide bonds. The summed E-state index contributed by atoms with van der Waals surface area (Å²) in [5, 5.41) is 23.6. The molecule has 0 saturated carbocycles. The summed E-state index contributed by atoms with van der Waals surface area (Å²) in [5.74, 6) is 0.337. The van der Waals surface area contributed by atoms with Gasteiger partial charge in [0.05, 0.1) is 10.9 Å². The number of nitrogens with zero attached hydrogens (tertiary/aromatic N) is 1. The summed E-state index contributed by atoms with van der Waals surface area (Å²) in [6.07, 6.45) is 8.02. The Labute approximate surface area is 176 Å². The Hall–Kier alpha value is -2.51. The predicted octanol–water partition coefficient (Wildman–Crippen LogP) is 4.10. The van der Waals surface area contributed by atoms with Crippen molar-refractivity contribution in [1.82, 2.24) is 4.31 Å². The molecule has 2 aromatic carbocycles. The van der Waals surface area contributed by atoms with E-state index < -0.39 is 10.0 Å². The van der Waals surface area contributed by atoms with Gasteiger partial charge in [0.15, 0.2) is 0 Å². The van der Waals surface area contributed by atoms with Crippen molar-refractivity contribution in [3.63, 3.8) is 0 Å². The highest BCUT2D eigenvalue weighted by atomic mass is 32.2. The van der Waals surface area contributed by atoms with Crippen molar-refractivity contribution in [2.45, 2.75) is 42.5 Å². The minimum Gasteiger partial charge on any atom is -0.508 e. The summed E-state index contributed by atoms with van der Waals surface area (Å²) in [5.41, 5.74) is 2.61. The van der Waals surface area contributed by atoms with E-state index in [0.717, 1.165) is 42.5 Å². The Kier molecular flexibility index (Phi) is 4.75. The van der Waals surface area contributed by atoms with Gasteiger partial charge in [0.1, 0.15) is 11.5 Å². The van der Waals surface area contributed by atoms with Crippen molar-refractivity contribution in [3.05, 3.63) is 59.7 Å². The van der Waals surface area contributed by atoms with Crippen molar-refractivity contribution in [3.8, 4) is 11.5 Å². The maximum absolute atomic E-state index is 13.2. The van der Waals surface area contributed by atoms with Gasteiger partial charge in [-0.25, -0.2) is 8.42 Å². The van der Waals surface area contributed by atoms with Crippen LogP contribution in [-0.2, 0) is 10.0 Å². The van der Waals surface area contributed by atoms with Crippen LogP contribution in [0.3, 0.4) is 0 Å². The van der Waals surface area contributed by atoms with Gasteiger partial charge in [0.25, 0.3) is 0 Å². The van der Waals surface area contributed by atoms with Crippen LogP contribution >= 0.6 is 0 Å². The molecule has 7 heteroatoms. The van der Waals surface area contributed by atoms with E-state index in [0.29, 0.717) is 18.0 Å². The summed E-state index contributed by atoms with van der Waals surface area (Å²) in [6, 6.07) is 9.92. The Bertz CT molecular complexity index is 1110. The normalized spacial score (nSPS) is 26.1. The zero-order valence-electron chi connectivity index (χ0n) is 16.7. The molecule has 0 aromatic heterocycles. The van der Waals surface area contributed by atoms with Crippen molar-refractivity contribution >= 4 is 15.7 Å². The van der Waals surface area contributed by atoms with Crippen molar-refractivity contribution in [2.24, 2.45) is 5.92 Å². The monoisotopic (exact) mass is 426 g/mol. The Balaban J connectivity index is 1.52. The number of phenolic OH excluding ortho intramolecular Hbond substituents is 2. The third kappa shape index (κ3) is 3.17. The lowest BCUT2D eigenvalue weighted by Crippen LogP contribution is -2.36. The first-order valence-corrected chi connectivity index (χ1v) is 12.0. The summed E-state index contributed by atoms with van der Waals surface area (Å²) in [7, 11) is -3.49. The van der Waals surface area contributed by atoms with Crippen LogP contribution in [0.4, 0.5) is 5.69 Å². The average Bonchev–Trinajstić information content (AvgIpc) is 3.24. The smallest absolute Gasteiger partial charge is 0.243 e. The highest BCUT2D eigenvalue weighted by Gasteiger charge is 2.39. The lowest BCUT2D eigenvalue weighted by atomic mass is 9.77. The van der Waals surface area contributed by atoms with Gasteiger partial charge in [0.2, 0.25) is 10.0 Å². The molecule has 3 atom stereocenters. The number of nitrogens with one attached hydrogen (secondary N) is 1. The molecule has 5 rings (SSSR count). The molecule has 3 aliphatic rings. The Morgan fingerprint density at radius 3 is 2.53 bits per heavy atom. The molecule has 0 radical (unpaired) electrons. The number of sulfonamides is 1. The molecule has 30 heavy (non-hydrogen) atoms. The third-order valence-corrected chi connectivity index (χ3v) is 8.53. The Morgan fingerprint density at radius 2 is 1.77 bits per heavy atom. The summed E-state index contributed by atoms with van der Waals surface area (Å²) >= 11 is 0. The zero-order valence-corrected chi connectivity index (χ0v) is 17.5. The van der Waals surface area contributed by atoms with Gasteiger partial charge in [-0.3, -0.25) is 0 Å². The molecular weight excluding hydrogens is 400 g/mol. The molecule has 0 spiro atoms. The second kappa shape index (κ2) is 7.32. The zero-order chi connectivity index (χ0) is 20.9. The molecule has 1 saturated heterocycles. The van der Waals surface area contributed by atoms with Gasteiger partial charge < -0.3 is 15.5 Å². The van der Waals surface area contributed by atoms with Crippen molar-refractivity contribution in [2.75, 3.05) is 18.4 Å². The molecule has 2 aliphatic heterocycles. The molecule has 2 aromatic rings. The van der Waals surface area contributed by atoms with Crippen LogP contribution in [0.2, 0.25) is 0 Å². The summed E-state index contributed by atoms with van der Waals surface area (Å²) < 4.78 is 27.9. The number of benzene rings is 2. The molecule has 1 aliphatic carbocycles. The summed E-state index contributed by atoms with van der Waals surface area (Å²) in [6.45, 7) is 1.18. The maximum Gasteiger partial charge on any atom is 0.243 e. The molecule has 3 unspecified atom stereocenters. The van der Waals surface area contributed by atoms with Gasteiger partial charge in [-0.1, -0.05) is 18.6 Å². The number of phenols is 2. The van der Waals surface area contributed by atoms with E-state index in [9.17, 15) is 18.6 Å². The van der Waals surface area contributed by atoms with E-state index in [1.165, 1.54) is 6.07 Å². The highest BCUT2D eigenvalue weighted by Crippen LogP contribution is 2.51. The van der Waals surface area contributed by atoms with E-state index in [2.05, 4.69) is 17.5 Å². The van der Waals surface area contributed by atoms with Gasteiger partial charge in [-0.05, 0) is 61.1 Å². The van der Waals surface area contributed by atoms with E-state index >= 15 is 0 Å². The van der Waals surface area contributed by atoms with Crippen LogP contribution in [-0.4, -0.2) is 36.0 Å². The molecule has 6 nitrogen and oxygen atoms in total. The largest absolute Gasteiger partial charge is 0.508 e. The topological polar surface area (TPSA) is 89.9 Å². The molecular formula is C23H26N2O4S. The van der Waals surface area contributed by atoms with Gasteiger partial charge in [-0.15, -0.1) is 0 Å². The van der Waals surface area contributed by atoms with Crippen molar-refractivity contribution in [1.29, 1.82) is 0 Å². The lowest BCUT2D eigenvalue weighted by molar-refractivity contribution is 0.346. The van der Waals surface area contributed by atoms with Gasteiger partial charge >= 0.3 is 0 Å². The van der Waals surface area contributed by atoms with E-state index in [-0.39, 0.29) is 29.4 Å².